The normalized spacial score (nSPS) is 11.8. The van der Waals surface area contributed by atoms with E-state index in [1.807, 2.05) is 0 Å². The predicted octanol–water partition coefficient (Wildman–Crippen LogP) is 3.32. The summed E-state index contributed by atoms with van der Waals surface area (Å²) >= 11 is 2.84. The largest absolute Gasteiger partial charge is 0.419 e. The van der Waals surface area contributed by atoms with Gasteiger partial charge in [0, 0.05) is 16.6 Å². The quantitative estimate of drug-likeness (QED) is 0.473. The molecular weight excluding hydrogens is 266 g/mol. The van der Waals surface area contributed by atoms with Gasteiger partial charge >= 0.3 is 6.18 Å². The van der Waals surface area contributed by atoms with Crippen LogP contribution in [0.25, 0.3) is 0 Å². The van der Waals surface area contributed by atoms with E-state index in [2.05, 4.69) is 15.9 Å². The van der Waals surface area contributed by atoms with Crippen LogP contribution in [0.3, 0.4) is 0 Å². The van der Waals surface area contributed by atoms with E-state index < -0.39 is 17.6 Å². The van der Waals surface area contributed by atoms with Crippen LogP contribution in [0.15, 0.2) is 12.1 Å². The summed E-state index contributed by atoms with van der Waals surface area (Å²) < 4.78 is 50.0. The van der Waals surface area contributed by atoms with E-state index in [9.17, 15) is 17.6 Å². The van der Waals surface area contributed by atoms with Gasteiger partial charge in [0.25, 0.3) is 0 Å². The first kappa shape index (κ1) is 11.3. The second-order valence-electron chi connectivity index (χ2n) is 2.62. The number of anilines is 1. The second kappa shape index (κ2) is 3.76. The van der Waals surface area contributed by atoms with Crippen molar-refractivity contribution in [1.29, 1.82) is 0 Å². The average molecular weight is 272 g/mol. The summed E-state index contributed by atoms with van der Waals surface area (Å²) in [4.78, 5) is 0. The first-order valence-electron chi connectivity index (χ1n) is 3.58. The number of hydrogen-bond acceptors (Lipinski definition) is 1. The van der Waals surface area contributed by atoms with Gasteiger partial charge in [0.15, 0.2) is 0 Å². The molecule has 0 radical (unpaired) electrons. The van der Waals surface area contributed by atoms with Gasteiger partial charge in [0.05, 0.1) is 5.56 Å². The smallest absolute Gasteiger partial charge is 0.398 e. The van der Waals surface area contributed by atoms with Crippen LogP contribution in [0.4, 0.5) is 23.2 Å². The van der Waals surface area contributed by atoms with Crippen LogP contribution in [0.1, 0.15) is 11.1 Å². The number of halogens is 5. The molecule has 0 aromatic heterocycles. The van der Waals surface area contributed by atoms with Gasteiger partial charge in [0.1, 0.15) is 5.82 Å². The molecule has 0 amide bonds. The molecule has 1 aromatic carbocycles. The zero-order valence-corrected chi connectivity index (χ0v) is 8.41. The predicted molar refractivity (Wildman–Crippen MR) is 48.4 cm³/mol. The molecule has 0 bridgehead atoms. The lowest BCUT2D eigenvalue weighted by Gasteiger charge is -2.13. The van der Waals surface area contributed by atoms with Crippen molar-refractivity contribution in [3.63, 3.8) is 0 Å². The molecule has 0 heterocycles. The Labute approximate surface area is 86.0 Å². The summed E-state index contributed by atoms with van der Waals surface area (Å²) in [6, 6.07) is 1.82. The summed E-state index contributed by atoms with van der Waals surface area (Å²) in [5.74, 6) is -1.30. The zero-order valence-electron chi connectivity index (χ0n) is 6.83. The molecule has 0 aliphatic carbocycles. The lowest BCUT2D eigenvalue weighted by Crippen LogP contribution is -2.13. The second-order valence-corrected chi connectivity index (χ2v) is 3.18. The van der Waals surface area contributed by atoms with E-state index in [1.165, 1.54) is 0 Å². The van der Waals surface area contributed by atoms with Crippen LogP contribution >= 0.6 is 15.9 Å². The van der Waals surface area contributed by atoms with Gasteiger partial charge in [-0.2, -0.15) is 13.2 Å². The van der Waals surface area contributed by atoms with E-state index >= 15 is 0 Å². The lowest BCUT2D eigenvalue weighted by molar-refractivity contribution is -0.140. The maximum atomic E-state index is 12.9. The fraction of sp³-hybridized carbons (Fsp3) is 0.250. The Morgan fingerprint density at radius 2 is 1.86 bits per heavy atom. The standard InChI is InChI=1S/C8H6BrF4N/c9-3-4-6(14)2-1-5(10)7(4)8(11,12)13/h1-2H,3,14H2. The van der Waals surface area contributed by atoms with Crippen molar-refractivity contribution in [1.82, 2.24) is 0 Å². The highest BCUT2D eigenvalue weighted by molar-refractivity contribution is 9.08. The van der Waals surface area contributed by atoms with Crippen LogP contribution in [-0.2, 0) is 11.5 Å². The number of rotatable bonds is 1. The molecule has 0 saturated heterocycles. The Kier molecular flexibility index (Phi) is 3.04. The first-order valence-corrected chi connectivity index (χ1v) is 4.70. The highest BCUT2D eigenvalue weighted by Gasteiger charge is 2.37. The van der Waals surface area contributed by atoms with E-state index in [0.717, 1.165) is 6.07 Å². The third-order valence-electron chi connectivity index (χ3n) is 1.72. The molecule has 0 aliphatic rings. The Bertz CT molecular complexity index is 348. The Morgan fingerprint density at radius 3 is 2.21 bits per heavy atom. The number of hydrogen-bond donors (Lipinski definition) is 1. The van der Waals surface area contributed by atoms with Gasteiger partial charge in [0.2, 0.25) is 0 Å². The summed E-state index contributed by atoms with van der Waals surface area (Å²) in [7, 11) is 0. The third-order valence-corrected chi connectivity index (χ3v) is 2.28. The maximum Gasteiger partial charge on any atom is 0.419 e. The van der Waals surface area contributed by atoms with Crippen molar-refractivity contribution >= 4 is 21.6 Å². The van der Waals surface area contributed by atoms with Crippen molar-refractivity contribution in [3.05, 3.63) is 29.1 Å². The molecule has 1 aromatic rings. The van der Waals surface area contributed by atoms with Crippen molar-refractivity contribution in [2.75, 3.05) is 5.73 Å². The van der Waals surface area contributed by atoms with Gasteiger partial charge in [-0.05, 0) is 12.1 Å². The van der Waals surface area contributed by atoms with Crippen LogP contribution in [0, 0.1) is 5.82 Å². The monoisotopic (exact) mass is 271 g/mol. The molecule has 0 saturated carbocycles. The van der Waals surface area contributed by atoms with Gasteiger partial charge in [-0.25, -0.2) is 4.39 Å². The van der Waals surface area contributed by atoms with E-state index in [4.69, 9.17) is 5.73 Å². The minimum atomic E-state index is -4.72. The SMILES string of the molecule is Nc1ccc(F)c(C(F)(F)F)c1CBr. The van der Waals surface area contributed by atoms with Crippen molar-refractivity contribution in [2.45, 2.75) is 11.5 Å². The molecule has 1 rings (SSSR count). The van der Waals surface area contributed by atoms with Gasteiger partial charge in [-0.1, -0.05) is 15.9 Å². The fourth-order valence-corrected chi connectivity index (χ4v) is 1.69. The van der Waals surface area contributed by atoms with Crippen LogP contribution < -0.4 is 5.73 Å². The van der Waals surface area contributed by atoms with Crippen LogP contribution in [0.2, 0.25) is 0 Å². The minimum Gasteiger partial charge on any atom is -0.398 e. The number of alkyl halides is 4. The molecule has 2 N–H and O–H groups in total. The highest BCUT2D eigenvalue weighted by atomic mass is 79.9. The summed E-state index contributed by atoms with van der Waals surface area (Å²) in [5.41, 5.74) is 3.66. The molecule has 0 spiro atoms. The zero-order chi connectivity index (χ0) is 10.9. The topological polar surface area (TPSA) is 26.0 Å². The molecule has 0 atom stereocenters. The molecular formula is C8H6BrF4N. The van der Waals surface area contributed by atoms with Crippen LogP contribution in [-0.4, -0.2) is 0 Å². The number of nitrogens with two attached hydrogens (primary N) is 1. The molecule has 0 unspecified atom stereocenters. The van der Waals surface area contributed by atoms with Crippen molar-refractivity contribution in [2.24, 2.45) is 0 Å². The van der Waals surface area contributed by atoms with Gasteiger partial charge in [-0.3, -0.25) is 0 Å². The number of benzene rings is 1. The van der Waals surface area contributed by atoms with Gasteiger partial charge < -0.3 is 5.73 Å². The van der Waals surface area contributed by atoms with E-state index in [-0.39, 0.29) is 16.6 Å². The summed E-state index contributed by atoms with van der Waals surface area (Å²) in [5, 5.41) is -0.133. The van der Waals surface area contributed by atoms with Gasteiger partial charge in [-0.15, -0.1) is 0 Å². The molecule has 0 fully saturated rings. The third kappa shape index (κ3) is 2.00. The van der Waals surface area contributed by atoms with E-state index in [1.54, 1.807) is 0 Å². The Balaban J connectivity index is 3.46. The molecule has 6 heteroatoms. The fourth-order valence-electron chi connectivity index (χ4n) is 1.09. The minimum absolute atomic E-state index is 0.0735. The Morgan fingerprint density at radius 1 is 1.29 bits per heavy atom. The molecule has 14 heavy (non-hydrogen) atoms. The highest BCUT2D eigenvalue weighted by Crippen LogP contribution is 2.37. The molecule has 78 valence electrons. The first-order chi connectivity index (χ1) is 6.38. The van der Waals surface area contributed by atoms with Crippen molar-refractivity contribution in [3.8, 4) is 0 Å². The summed E-state index contributed by atoms with van der Waals surface area (Å²) in [6.07, 6.45) is -4.72. The maximum absolute atomic E-state index is 12.9. The molecule has 0 aliphatic heterocycles. The average Bonchev–Trinajstić information content (AvgIpc) is 2.06. The summed E-state index contributed by atoms with van der Waals surface area (Å²) in [6.45, 7) is 0. The van der Waals surface area contributed by atoms with Crippen molar-refractivity contribution < 1.29 is 17.6 Å². The number of nitrogen functional groups attached to an aromatic ring is 1. The lowest BCUT2D eigenvalue weighted by atomic mass is 10.1. The molecule has 1 nitrogen and oxygen atoms in total. The van der Waals surface area contributed by atoms with E-state index in [0.29, 0.717) is 6.07 Å². The Hall–Kier alpha value is -0.780. The van der Waals surface area contributed by atoms with Crippen LogP contribution in [0.5, 0.6) is 0 Å².